The van der Waals surface area contributed by atoms with Gasteiger partial charge in [0, 0.05) is 13.1 Å². The highest BCUT2D eigenvalue weighted by Crippen LogP contribution is 2.23. The van der Waals surface area contributed by atoms with Crippen molar-refractivity contribution in [2.45, 2.75) is 25.5 Å². The van der Waals surface area contributed by atoms with Crippen LogP contribution in [0.4, 0.5) is 0 Å². The summed E-state index contributed by atoms with van der Waals surface area (Å²) in [7, 11) is 0. The van der Waals surface area contributed by atoms with E-state index in [1.54, 1.807) is 11.8 Å². The molecule has 0 unspecified atom stereocenters. The summed E-state index contributed by atoms with van der Waals surface area (Å²) < 4.78 is 0. The maximum Gasteiger partial charge on any atom is 0.225 e. The van der Waals surface area contributed by atoms with E-state index in [0.29, 0.717) is 13.1 Å². The van der Waals surface area contributed by atoms with Gasteiger partial charge in [0.05, 0.1) is 12.0 Å². The molecule has 1 atom stereocenters. The van der Waals surface area contributed by atoms with Crippen LogP contribution in [0.1, 0.15) is 18.9 Å². The third kappa shape index (κ3) is 2.36. The molecule has 15 heavy (non-hydrogen) atoms. The first-order chi connectivity index (χ1) is 7.07. The van der Waals surface area contributed by atoms with Crippen molar-refractivity contribution in [2.75, 3.05) is 6.54 Å². The van der Waals surface area contributed by atoms with Crippen LogP contribution in [0, 0.1) is 0 Å². The fourth-order valence-electron chi connectivity index (χ4n) is 1.94. The van der Waals surface area contributed by atoms with E-state index in [4.69, 9.17) is 0 Å². The van der Waals surface area contributed by atoms with Crippen LogP contribution in [-0.2, 0) is 11.3 Å². The van der Waals surface area contributed by atoms with Crippen molar-refractivity contribution in [3.05, 3.63) is 35.9 Å². The second-order valence-electron chi connectivity index (χ2n) is 4.41. The van der Waals surface area contributed by atoms with Crippen molar-refractivity contribution >= 4 is 5.91 Å². The molecule has 2 rings (SSSR count). The minimum Gasteiger partial charge on any atom is -0.388 e. The first-order valence-electron chi connectivity index (χ1n) is 5.11. The lowest BCUT2D eigenvalue weighted by atomic mass is 10.1. The smallest absolute Gasteiger partial charge is 0.225 e. The summed E-state index contributed by atoms with van der Waals surface area (Å²) in [5.41, 5.74) is 0.245. The second-order valence-corrected chi connectivity index (χ2v) is 4.41. The van der Waals surface area contributed by atoms with Gasteiger partial charge >= 0.3 is 0 Å². The molecule has 1 aliphatic rings. The van der Waals surface area contributed by atoms with Gasteiger partial charge in [0.15, 0.2) is 0 Å². The fourth-order valence-corrected chi connectivity index (χ4v) is 1.94. The van der Waals surface area contributed by atoms with Gasteiger partial charge in [-0.25, -0.2) is 0 Å². The van der Waals surface area contributed by atoms with Gasteiger partial charge in [-0.15, -0.1) is 0 Å². The van der Waals surface area contributed by atoms with E-state index in [9.17, 15) is 9.90 Å². The Labute approximate surface area is 89.3 Å². The van der Waals surface area contributed by atoms with Gasteiger partial charge in [0.25, 0.3) is 0 Å². The van der Waals surface area contributed by atoms with Crippen molar-refractivity contribution in [1.29, 1.82) is 0 Å². The molecule has 1 heterocycles. The van der Waals surface area contributed by atoms with E-state index in [-0.39, 0.29) is 12.3 Å². The molecule has 1 aromatic carbocycles. The number of aliphatic hydroxyl groups is 1. The van der Waals surface area contributed by atoms with E-state index in [1.807, 2.05) is 30.3 Å². The Morgan fingerprint density at radius 3 is 2.60 bits per heavy atom. The molecule has 0 saturated carbocycles. The standard InChI is InChI=1S/C12H15NO2/c1-12(15)7-11(14)13(9-12)8-10-5-3-2-4-6-10/h2-6,15H,7-9H2,1H3/t12-/m0/s1. The normalized spacial score (nSPS) is 26.0. The maximum atomic E-state index is 11.6. The topological polar surface area (TPSA) is 40.5 Å². The Bertz CT molecular complexity index is 359. The molecular formula is C12H15NO2. The third-order valence-electron chi connectivity index (χ3n) is 2.63. The predicted molar refractivity (Wildman–Crippen MR) is 57.1 cm³/mol. The number of carbonyl (C=O) groups excluding carboxylic acids is 1. The number of rotatable bonds is 2. The summed E-state index contributed by atoms with van der Waals surface area (Å²) in [5, 5.41) is 9.75. The van der Waals surface area contributed by atoms with Crippen molar-refractivity contribution in [2.24, 2.45) is 0 Å². The van der Waals surface area contributed by atoms with Gasteiger partial charge in [-0.1, -0.05) is 30.3 Å². The maximum absolute atomic E-state index is 11.6. The predicted octanol–water partition coefficient (Wildman–Crippen LogP) is 1.17. The summed E-state index contributed by atoms with van der Waals surface area (Å²) >= 11 is 0. The van der Waals surface area contributed by atoms with Gasteiger partial charge in [0.2, 0.25) is 5.91 Å². The van der Waals surface area contributed by atoms with E-state index in [2.05, 4.69) is 0 Å². The van der Waals surface area contributed by atoms with Crippen molar-refractivity contribution in [3.8, 4) is 0 Å². The van der Waals surface area contributed by atoms with E-state index >= 15 is 0 Å². The van der Waals surface area contributed by atoms with Crippen LogP contribution >= 0.6 is 0 Å². The number of carbonyl (C=O) groups is 1. The molecule has 0 spiro atoms. The lowest BCUT2D eigenvalue weighted by Gasteiger charge is -2.18. The summed E-state index contributed by atoms with van der Waals surface area (Å²) in [6.07, 6.45) is 0.236. The fraction of sp³-hybridized carbons (Fsp3) is 0.417. The van der Waals surface area contributed by atoms with Crippen LogP contribution in [0.2, 0.25) is 0 Å². The molecule has 0 aliphatic carbocycles. The largest absolute Gasteiger partial charge is 0.388 e. The van der Waals surface area contributed by atoms with Gasteiger partial charge in [-0.3, -0.25) is 4.79 Å². The van der Waals surface area contributed by atoms with Crippen LogP contribution < -0.4 is 0 Å². The summed E-state index contributed by atoms with van der Waals surface area (Å²) in [5.74, 6) is 0.0313. The van der Waals surface area contributed by atoms with Crippen LogP contribution in [0.15, 0.2) is 30.3 Å². The van der Waals surface area contributed by atoms with E-state index in [1.165, 1.54) is 0 Å². The zero-order valence-electron chi connectivity index (χ0n) is 8.81. The third-order valence-corrected chi connectivity index (χ3v) is 2.63. The molecule has 0 bridgehead atoms. The van der Waals surface area contributed by atoms with Crippen molar-refractivity contribution in [3.63, 3.8) is 0 Å². The molecule has 0 radical (unpaired) electrons. The quantitative estimate of drug-likeness (QED) is 0.787. The first-order valence-corrected chi connectivity index (χ1v) is 5.11. The van der Waals surface area contributed by atoms with Gasteiger partial charge in [-0.2, -0.15) is 0 Å². The number of nitrogens with zero attached hydrogens (tertiary/aromatic N) is 1. The van der Waals surface area contributed by atoms with Crippen LogP contribution in [0.25, 0.3) is 0 Å². The van der Waals surface area contributed by atoms with Gasteiger partial charge in [-0.05, 0) is 12.5 Å². The number of benzene rings is 1. The lowest BCUT2D eigenvalue weighted by molar-refractivity contribution is -0.128. The lowest BCUT2D eigenvalue weighted by Crippen LogP contribution is -2.30. The van der Waals surface area contributed by atoms with E-state index in [0.717, 1.165) is 5.56 Å². The number of amides is 1. The van der Waals surface area contributed by atoms with Crippen molar-refractivity contribution < 1.29 is 9.90 Å². The molecule has 1 saturated heterocycles. The first kappa shape index (κ1) is 10.2. The Morgan fingerprint density at radius 2 is 2.07 bits per heavy atom. The minimum absolute atomic E-state index is 0.0313. The molecule has 0 aromatic heterocycles. The minimum atomic E-state index is -0.855. The molecule has 1 aromatic rings. The second kappa shape index (κ2) is 3.66. The number of β-amino-alcohol motifs (C(OH)–C–C–N with tert-alkyl or cyclic N) is 1. The van der Waals surface area contributed by atoms with E-state index < -0.39 is 5.60 Å². The molecule has 3 nitrogen and oxygen atoms in total. The molecule has 1 N–H and O–H groups in total. The van der Waals surface area contributed by atoms with Crippen molar-refractivity contribution in [1.82, 2.24) is 4.90 Å². The van der Waals surface area contributed by atoms with Crippen LogP contribution in [0.5, 0.6) is 0 Å². The van der Waals surface area contributed by atoms with Crippen LogP contribution in [0.3, 0.4) is 0 Å². The molecular weight excluding hydrogens is 190 g/mol. The average Bonchev–Trinajstić information content (AvgIpc) is 2.41. The Balaban J connectivity index is 2.05. The number of hydrogen-bond donors (Lipinski definition) is 1. The summed E-state index contributed by atoms with van der Waals surface area (Å²) in [4.78, 5) is 13.3. The van der Waals surface area contributed by atoms with Gasteiger partial charge in [0.1, 0.15) is 0 Å². The highest BCUT2D eigenvalue weighted by molar-refractivity contribution is 5.79. The highest BCUT2D eigenvalue weighted by Gasteiger charge is 2.37. The SMILES string of the molecule is C[C@]1(O)CC(=O)N(Cc2ccccc2)C1. The Kier molecular flexibility index (Phi) is 2.49. The Hall–Kier alpha value is -1.35. The van der Waals surface area contributed by atoms with Gasteiger partial charge < -0.3 is 10.0 Å². The Morgan fingerprint density at radius 1 is 1.40 bits per heavy atom. The molecule has 1 amide bonds. The molecule has 3 heteroatoms. The monoisotopic (exact) mass is 205 g/mol. The molecule has 1 aliphatic heterocycles. The summed E-state index contributed by atoms with van der Waals surface area (Å²) in [6, 6.07) is 9.83. The summed E-state index contributed by atoms with van der Waals surface area (Å²) in [6.45, 7) is 2.73. The number of likely N-dealkylation sites (tertiary alicyclic amines) is 1. The zero-order chi connectivity index (χ0) is 10.9. The number of hydrogen-bond acceptors (Lipinski definition) is 2. The highest BCUT2D eigenvalue weighted by atomic mass is 16.3. The van der Waals surface area contributed by atoms with Crippen LogP contribution in [-0.4, -0.2) is 28.1 Å². The molecule has 80 valence electrons. The zero-order valence-corrected chi connectivity index (χ0v) is 8.81. The molecule has 1 fully saturated rings. The average molecular weight is 205 g/mol.